The summed E-state index contributed by atoms with van der Waals surface area (Å²) in [5.41, 5.74) is 2.83. The highest BCUT2D eigenvalue weighted by Gasteiger charge is 2.07. The first-order chi connectivity index (χ1) is 10.8. The van der Waals surface area contributed by atoms with E-state index in [0.29, 0.717) is 6.54 Å². The molecule has 1 aromatic carbocycles. The van der Waals surface area contributed by atoms with Crippen molar-refractivity contribution in [3.8, 4) is 0 Å². The molecule has 6 heteroatoms. The fourth-order valence-electron chi connectivity index (χ4n) is 2.46. The molecule has 0 aliphatic carbocycles. The number of H-pyrrole nitrogens is 1. The number of aromatic amines is 1. The van der Waals surface area contributed by atoms with E-state index in [0.717, 1.165) is 33.3 Å². The quantitative estimate of drug-likeness (QED) is 0.565. The molecule has 0 saturated carbocycles. The average Bonchev–Trinajstić information content (AvgIpc) is 3.00. The Hall–Kier alpha value is -2.66. The fraction of sp³-hybridized carbons (Fsp3) is 0.0625. The van der Waals surface area contributed by atoms with Crippen molar-refractivity contribution in [1.29, 1.82) is 0 Å². The zero-order valence-corrected chi connectivity index (χ0v) is 12.3. The molecule has 0 aliphatic heterocycles. The molecular weight excluding hydrogens is 298 g/mol. The Morgan fingerprint density at radius 1 is 1.14 bits per heavy atom. The minimum atomic E-state index is 0.220. The normalized spacial score (nSPS) is 11.1. The number of fused-ring (bicyclic) bond motifs is 2. The maximum absolute atomic E-state index is 5.95. The Balaban J connectivity index is 1.63. The highest BCUT2D eigenvalue weighted by atomic mass is 35.5. The Bertz CT molecular complexity index is 963. The van der Waals surface area contributed by atoms with Crippen LogP contribution in [0, 0.1) is 0 Å². The Labute approximate surface area is 131 Å². The van der Waals surface area contributed by atoms with E-state index in [4.69, 9.17) is 11.6 Å². The van der Waals surface area contributed by atoms with Gasteiger partial charge in [0.1, 0.15) is 11.5 Å². The van der Waals surface area contributed by atoms with E-state index in [9.17, 15) is 0 Å². The highest BCUT2D eigenvalue weighted by molar-refractivity contribution is 6.28. The molecule has 0 radical (unpaired) electrons. The lowest BCUT2D eigenvalue weighted by Gasteiger charge is -2.08. The number of rotatable bonds is 3. The zero-order valence-electron chi connectivity index (χ0n) is 11.5. The second-order valence-corrected chi connectivity index (χ2v) is 5.30. The van der Waals surface area contributed by atoms with Gasteiger partial charge in [0.25, 0.3) is 0 Å². The number of anilines is 1. The van der Waals surface area contributed by atoms with Crippen LogP contribution in [0.5, 0.6) is 0 Å². The summed E-state index contributed by atoms with van der Waals surface area (Å²) in [5, 5.41) is 5.58. The molecular formula is C16H12ClN5. The van der Waals surface area contributed by atoms with Crippen molar-refractivity contribution in [3.05, 3.63) is 59.6 Å². The summed E-state index contributed by atoms with van der Waals surface area (Å²) < 4.78 is 0. The second kappa shape index (κ2) is 5.27. The summed E-state index contributed by atoms with van der Waals surface area (Å²) in [6, 6.07) is 12.1. The van der Waals surface area contributed by atoms with E-state index in [-0.39, 0.29) is 5.28 Å². The summed E-state index contributed by atoms with van der Waals surface area (Å²) in [4.78, 5) is 15.8. The summed E-state index contributed by atoms with van der Waals surface area (Å²) in [6.45, 7) is 0.639. The van der Waals surface area contributed by atoms with Crippen molar-refractivity contribution in [2.45, 2.75) is 6.54 Å². The molecule has 0 fully saturated rings. The molecule has 0 amide bonds. The lowest BCUT2D eigenvalue weighted by Crippen LogP contribution is -2.03. The van der Waals surface area contributed by atoms with E-state index in [1.165, 1.54) is 0 Å². The lowest BCUT2D eigenvalue weighted by molar-refractivity contribution is 1.10. The fourth-order valence-corrected chi connectivity index (χ4v) is 2.63. The van der Waals surface area contributed by atoms with Gasteiger partial charge >= 0.3 is 0 Å². The van der Waals surface area contributed by atoms with Crippen LogP contribution in [0.15, 0.2) is 48.8 Å². The van der Waals surface area contributed by atoms with Crippen LogP contribution < -0.4 is 5.32 Å². The molecule has 2 N–H and O–H groups in total. The Morgan fingerprint density at radius 3 is 3.05 bits per heavy atom. The van der Waals surface area contributed by atoms with Crippen molar-refractivity contribution in [1.82, 2.24) is 19.9 Å². The third kappa shape index (κ3) is 2.35. The van der Waals surface area contributed by atoms with Gasteiger partial charge < -0.3 is 10.3 Å². The molecule has 0 bridgehead atoms. The molecule has 108 valence electrons. The average molecular weight is 310 g/mol. The molecule has 0 spiro atoms. The minimum Gasteiger partial charge on any atom is -0.365 e. The number of nitrogens with zero attached hydrogens (tertiary/aromatic N) is 3. The van der Waals surface area contributed by atoms with Gasteiger partial charge in [0.15, 0.2) is 0 Å². The topological polar surface area (TPSA) is 66.5 Å². The second-order valence-electron chi connectivity index (χ2n) is 4.97. The largest absolute Gasteiger partial charge is 0.365 e. The maximum atomic E-state index is 5.95. The van der Waals surface area contributed by atoms with Crippen molar-refractivity contribution in [2.75, 3.05) is 5.32 Å². The molecule has 3 heterocycles. The third-order valence-corrected chi connectivity index (χ3v) is 3.69. The van der Waals surface area contributed by atoms with Gasteiger partial charge in [-0.1, -0.05) is 18.2 Å². The van der Waals surface area contributed by atoms with Crippen molar-refractivity contribution >= 4 is 39.4 Å². The molecule has 22 heavy (non-hydrogen) atoms. The number of hydrogen-bond donors (Lipinski definition) is 2. The minimum absolute atomic E-state index is 0.220. The molecule has 5 nitrogen and oxygen atoms in total. The Kier molecular flexibility index (Phi) is 3.12. The standard InChI is InChI=1S/C16H12ClN5/c17-16-21-14-12(5-7-19-14)15(22-16)20-9-10-3-4-11-2-1-6-18-13(11)8-10/h1-8H,9H2,(H2,19,20,21,22). The number of aromatic nitrogens is 4. The monoisotopic (exact) mass is 309 g/mol. The van der Waals surface area contributed by atoms with Crippen LogP contribution in [-0.4, -0.2) is 19.9 Å². The number of pyridine rings is 1. The number of benzene rings is 1. The number of nitrogens with one attached hydrogen (secondary N) is 2. The van der Waals surface area contributed by atoms with Gasteiger partial charge in [-0.2, -0.15) is 4.98 Å². The van der Waals surface area contributed by atoms with Crippen molar-refractivity contribution < 1.29 is 0 Å². The third-order valence-electron chi connectivity index (χ3n) is 3.52. The number of hydrogen-bond acceptors (Lipinski definition) is 4. The molecule has 0 atom stereocenters. The SMILES string of the molecule is Clc1nc(NCc2ccc3cccnc3c2)c2cc[nH]c2n1. The van der Waals surface area contributed by atoms with Crippen LogP contribution in [0.25, 0.3) is 21.9 Å². The van der Waals surface area contributed by atoms with E-state index < -0.39 is 0 Å². The first kappa shape index (κ1) is 13.0. The highest BCUT2D eigenvalue weighted by Crippen LogP contribution is 2.22. The van der Waals surface area contributed by atoms with E-state index in [2.05, 4.69) is 43.5 Å². The van der Waals surface area contributed by atoms with Gasteiger partial charge in [-0.15, -0.1) is 0 Å². The molecule has 0 saturated heterocycles. The Morgan fingerprint density at radius 2 is 2.09 bits per heavy atom. The summed E-state index contributed by atoms with van der Waals surface area (Å²) >= 11 is 5.95. The summed E-state index contributed by atoms with van der Waals surface area (Å²) in [6.07, 6.45) is 3.62. The molecule has 3 aromatic heterocycles. The maximum Gasteiger partial charge on any atom is 0.226 e. The molecule has 4 rings (SSSR count). The van der Waals surface area contributed by atoms with E-state index >= 15 is 0 Å². The first-order valence-corrected chi connectivity index (χ1v) is 7.25. The lowest BCUT2D eigenvalue weighted by atomic mass is 10.1. The van der Waals surface area contributed by atoms with Crippen LogP contribution in [0.4, 0.5) is 5.82 Å². The van der Waals surface area contributed by atoms with Gasteiger partial charge in [-0.25, -0.2) is 4.98 Å². The van der Waals surface area contributed by atoms with Crippen molar-refractivity contribution in [3.63, 3.8) is 0 Å². The van der Waals surface area contributed by atoms with Gasteiger partial charge in [-0.3, -0.25) is 4.98 Å². The molecule has 0 aliphatic rings. The predicted octanol–water partition coefficient (Wildman–Crippen LogP) is 3.77. The van der Waals surface area contributed by atoms with E-state index in [1.807, 2.05) is 24.4 Å². The van der Waals surface area contributed by atoms with Gasteiger partial charge in [0, 0.05) is 24.3 Å². The molecule has 0 unspecified atom stereocenters. The van der Waals surface area contributed by atoms with Gasteiger partial charge in [0.05, 0.1) is 10.9 Å². The van der Waals surface area contributed by atoms with E-state index in [1.54, 1.807) is 6.20 Å². The van der Waals surface area contributed by atoms with Crippen LogP contribution in [0.3, 0.4) is 0 Å². The summed E-state index contributed by atoms with van der Waals surface area (Å²) in [7, 11) is 0. The van der Waals surface area contributed by atoms with Crippen LogP contribution in [-0.2, 0) is 6.54 Å². The zero-order chi connectivity index (χ0) is 14.9. The van der Waals surface area contributed by atoms with Gasteiger partial charge in [0.2, 0.25) is 5.28 Å². The van der Waals surface area contributed by atoms with Crippen molar-refractivity contribution in [2.24, 2.45) is 0 Å². The van der Waals surface area contributed by atoms with Crippen LogP contribution in [0.1, 0.15) is 5.56 Å². The van der Waals surface area contributed by atoms with Crippen LogP contribution in [0.2, 0.25) is 5.28 Å². The molecule has 4 aromatic rings. The smallest absolute Gasteiger partial charge is 0.226 e. The van der Waals surface area contributed by atoms with Gasteiger partial charge in [-0.05, 0) is 35.4 Å². The first-order valence-electron chi connectivity index (χ1n) is 6.88. The number of halogens is 1. The predicted molar refractivity (Wildman–Crippen MR) is 88.0 cm³/mol. The van der Waals surface area contributed by atoms with Crippen LogP contribution >= 0.6 is 11.6 Å². The summed E-state index contributed by atoms with van der Waals surface area (Å²) in [5.74, 6) is 0.720.